The van der Waals surface area contributed by atoms with Gasteiger partial charge in [-0.2, -0.15) is 0 Å². The molecule has 0 aliphatic carbocycles. The second-order valence-electron chi connectivity index (χ2n) is 5.30. The van der Waals surface area contributed by atoms with E-state index in [-0.39, 0.29) is 5.92 Å². The second kappa shape index (κ2) is 6.40. The fourth-order valence-electron chi connectivity index (χ4n) is 2.11. The van der Waals surface area contributed by atoms with E-state index in [0.29, 0.717) is 10.8 Å². The number of benzene rings is 1. The molecule has 1 aromatic rings. The molecule has 0 spiro atoms. The summed E-state index contributed by atoms with van der Waals surface area (Å²) in [6.07, 6.45) is 3.21. The van der Waals surface area contributed by atoms with Crippen LogP contribution in [0.25, 0.3) is 0 Å². The lowest BCUT2D eigenvalue weighted by Gasteiger charge is -2.19. The second-order valence-corrected chi connectivity index (χ2v) is 8.14. The van der Waals surface area contributed by atoms with Gasteiger partial charge in [0, 0.05) is 10.7 Å². The molecule has 0 radical (unpaired) electrons. The Hall–Kier alpha value is -0.350. The molecule has 2 unspecified atom stereocenters. The molecule has 19 heavy (non-hydrogen) atoms. The van der Waals surface area contributed by atoms with Gasteiger partial charge in [-0.15, -0.1) is 0 Å². The molecule has 0 aromatic heterocycles. The summed E-state index contributed by atoms with van der Waals surface area (Å²) in [7, 11) is -3.19. The van der Waals surface area contributed by atoms with Gasteiger partial charge in [-0.05, 0) is 47.9 Å². The van der Waals surface area contributed by atoms with Crippen molar-refractivity contribution in [2.75, 3.05) is 6.26 Å². The van der Waals surface area contributed by atoms with Crippen molar-refractivity contribution in [1.82, 2.24) is 0 Å². The molecule has 0 aliphatic rings. The zero-order valence-electron chi connectivity index (χ0n) is 12.3. The average molecular weight is 347 g/mol. The van der Waals surface area contributed by atoms with Crippen LogP contribution in [0.4, 0.5) is 0 Å². The van der Waals surface area contributed by atoms with Crippen molar-refractivity contribution >= 4 is 25.8 Å². The zero-order valence-corrected chi connectivity index (χ0v) is 14.7. The highest BCUT2D eigenvalue weighted by molar-refractivity contribution is 9.10. The van der Waals surface area contributed by atoms with E-state index in [4.69, 9.17) is 0 Å². The fraction of sp³-hybridized carbons (Fsp3) is 0.600. The van der Waals surface area contributed by atoms with Crippen molar-refractivity contribution in [2.24, 2.45) is 0 Å². The molecule has 0 bridgehead atoms. The van der Waals surface area contributed by atoms with Crippen molar-refractivity contribution in [2.45, 2.75) is 57.3 Å². The van der Waals surface area contributed by atoms with Crippen molar-refractivity contribution in [1.29, 1.82) is 0 Å². The lowest BCUT2D eigenvalue weighted by Crippen LogP contribution is -2.08. The van der Waals surface area contributed by atoms with Gasteiger partial charge in [0.2, 0.25) is 0 Å². The fourth-order valence-corrected chi connectivity index (χ4v) is 3.89. The van der Waals surface area contributed by atoms with Gasteiger partial charge in [0.1, 0.15) is 0 Å². The predicted octanol–water partition coefficient (Wildman–Crippen LogP) is 4.88. The Morgan fingerprint density at radius 1 is 1.05 bits per heavy atom. The first kappa shape index (κ1) is 16.7. The standard InChI is InChI=1S/C15H23BrO2S/c1-6-10(3)12-9-15(19(5,17)18)13(8-14(12)16)11(4)7-2/h8-11H,6-7H2,1-5H3. The van der Waals surface area contributed by atoms with Crippen LogP contribution in [0.2, 0.25) is 0 Å². The van der Waals surface area contributed by atoms with Gasteiger partial charge in [0.05, 0.1) is 4.90 Å². The molecule has 1 aromatic carbocycles. The topological polar surface area (TPSA) is 34.1 Å². The minimum Gasteiger partial charge on any atom is -0.224 e. The Morgan fingerprint density at radius 2 is 1.53 bits per heavy atom. The molecular formula is C15H23BrO2S. The molecule has 108 valence electrons. The van der Waals surface area contributed by atoms with Crippen molar-refractivity contribution in [3.05, 3.63) is 27.7 Å². The summed E-state index contributed by atoms with van der Waals surface area (Å²) in [4.78, 5) is 0.486. The summed E-state index contributed by atoms with van der Waals surface area (Å²) >= 11 is 3.59. The summed E-state index contributed by atoms with van der Waals surface area (Å²) in [6, 6.07) is 3.85. The Balaban J connectivity index is 3.55. The molecule has 0 fully saturated rings. The van der Waals surface area contributed by atoms with Crippen LogP contribution in [-0.2, 0) is 9.84 Å². The number of rotatable bonds is 5. The molecule has 0 saturated carbocycles. The molecule has 4 heteroatoms. The van der Waals surface area contributed by atoms with E-state index in [9.17, 15) is 8.42 Å². The van der Waals surface area contributed by atoms with Gasteiger partial charge in [-0.3, -0.25) is 0 Å². The average Bonchev–Trinajstić information content (AvgIpc) is 2.35. The van der Waals surface area contributed by atoms with E-state index in [1.165, 1.54) is 6.26 Å². The third kappa shape index (κ3) is 3.82. The minimum atomic E-state index is -3.19. The smallest absolute Gasteiger partial charge is 0.175 e. The molecule has 0 saturated heterocycles. The first-order valence-electron chi connectivity index (χ1n) is 6.75. The monoisotopic (exact) mass is 346 g/mol. The maximum Gasteiger partial charge on any atom is 0.175 e. The molecule has 2 nitrogen and oxygen atoms in total. The van der Waals surface area contributed by atoms with Gasteiger partial charge in [-0.1, -0.05) is 43.6 Å². The van der Waals surface area contributed by atoms with Gasteiger partial charge in [0.25, 0.3) is 0 Å². The highest BCUT2D eigenvalue weighted by Crippen LogP contribution is 2.35. The summed E-state index contributed by atoms with van der Waals surface area (Å²) in [5.74, 6) is 0.591. The van der Waals surface area contributed by atoms with Crippen LogP contribution in [0.1, 0.15) is 63.5 Å². The van der Waals surface area contributed by atoms with Crippen molar-refractivity contribution in [3.63, 3.8) is 0 Å². The number of hydrogen-bond acceptors (Lipinski definition) is 2. The maximum absolute atomic E-state index is 12.0. The lowest BCUT2D eigenvalue weighted by atomic mass is 9.93. The molecule has 2 atom stereocenters. The van der Waals surface area contributed by atoms with Gasteiger partial charge in [0.15, 0.2) is 9.84 Å². The molecule has 0 amide bonds. The highest BCUT2D eigenvalue weighted by atomic mass is 79.9. The first-order valence-corrected chi connectivity index (χ1v) is 9.44. The largest absolute Gasteiger partial charge is 0.224 e. The van der Waals surface area contributed by atoms with Crippen LogP contribution in [0.15, 0.2) is 21.5 Å². The van der Waals surface area contributed by atoms with Gasteiger partial charge >= 0.3 is 0 Å². The third-order valence-electron chi connectivity index (χ3n) is 3.82. The van der Waals surface area contributed by atoms with Crippen LogP contribution in [-0.4, -0.2) is 14.7 Å². The van der Waals surface area contributed by atoms with Crippen LogP contribution in [0.5, 0.6) is 0 Å². The number of halogens is 1. The van der Waals surface area contributed by atoms with E-state index in [1.807, 2.05) is 12.1 Å². The van der Waals surface area contributed by atoms with E-state index >= 15 is 0 Å². The molecular weight excluding hydrogens is 324 g/mol. The van der Waals surface area contributed by atoms with Crippen LogP contribution in [0.3, 0.4) is 0 Å². The number of sulfone groups is 1. The van der Waals surface area contributed by atoms with Crippen LogP contribution < -0.4 is 0 Å². The Bertz CT molecular complexity index is 550. The van der Waals surface area contributed by atoms with Crippen LogP contribution >= 0.6 is 15.9 Å². The van der Waals surface area contributed by atoms with Crippen molar-refractivity contribution < 1.29 is 8.42 Å². The molecule has 0 aliphatic heterocycles. The first-order chi connectivity index (χ1) is 8.72. The van der Waals surface area contributed by atoms with E-state index in [1.54, 1.807) is 0 Å². The molecule has 0 heterocycles. The maximum atomic E-state index is 12.0. The van der Waals surface area contributed by atoms with Crippen LogP contribution in [0, 0.1) is 0 Å². The lowest BCUT2D eigenvalue weighted by molar-refractivity contribution is 0.597. The summed E-state index contributed by atoms with van der Waals surface area (Å²) in [5, 5.41) is 0. The Labute approximate surface area is 125 Å². The highest BCUT2D eigenvalue weighted by Gasteiger charge is 2.21. The Kier molecular flexibility index (Phi) is 5.63. The summed E-state index contributed by atoms with van der Waals surface area (Å²) < 4.78 is 25.1. The Morgan fingerprint density at radius 3 is 1.95 bits per heavy atom. The summed E-state index contributed by atoms with van der Waals surface area (Å²) in [6.45, 7) is 8.38. The molecule has 1 rings (SSSR count). The van der Waals surface area contributed by atoms with Gasteiger partial charge < -0.3 is 0 Å². The predicted molar refractivity (Wildman–Crippen MR) is 84.7 cm³/mol. The quantitative estimate of drug-likeness (QED) is 0.761. The van der Waals surface area contributed by atoms with E-state index < -0.39 is 9.84 Å². The third-order valence-corrected chi connectivity index (χ3v) is 5.65. The van der Waals surface area contributed by atoms with E-state index in [2.05, 4.69) is 43.6 Å². The SMILES string of the molecule is CCC(C)c1cc(S(C)(=O)=O)c(C(C)CC)cc1Br. The normalized spacial score (nSPS) is 15.3. The zero-order chi connectivity index (χ0) is 14.8. The van der Waals surface area contributed by atoms with E-state index in [0.717, 1.165) is 28.4 Å². The summed E-state index contributed by atoms with van der Waals surface area (Å²) in [5.41, 5.74) is 2.00. The molecule has 0 N–H and O–H groups in total. The van der Waals surface area contributed by atoms with Crippen molar-refractivity contribution in [3.8, 4) is 0 Å². The minimum absolute atomic E-state index is 0.243. The number of hydrogen-bond donors (Lipinski definition) is 0. The van der Waals surface area contributed by atoms with Gasteiger partial charge in [-0.25, -0.2) is 8.42 Å².